The number of aromatic nitrogens is 6. The lowest BCUT2D eigenvalue weighted by molar-refractivity contribution is -0.116. The Kier molecular flexibility index (Phi) is 9.28. The number of carbonyl (C=O) groups excluding carboxylic acids is 2. The molecule has 1 fully saturated rings. The highest BCUT2D eigenvalue weighted by Crippen LogP contribution is 2.34. The van der Waals surface area contributed by atoms with E-state index in [0.29, 0.717) is 17.9 Å². The number of benzene rings is 1. The summed E-state index contributed by atoms with van der Waals surface area (Å²) in [6, 6.07) is 3.59. The van der Waals surface area contributed by atoms with Crippen molar-refractivity contribution in [1.82, 2.24) is 33.8 Å². The van der Waals surface area contributed by atoms with E-state index < -0.39 is 47.0 Å². The van der Waals surface area contributed by atoms with Gasteiger partial charge in [0.2, 0.25) is 11.9 Å². The fourth-order valence-corrected chi connectivity index (χ4v) is 6.01. The number of rotatable bonds is 7. The van der Waals surface area contributed by atoms with Gasteiger partial charge in [-0.1, -0.05) is 23.4 Å². The number of hydrogen-bond acceptors (Lipinski definition) is 9. The van der Waals surface area contributed by atoms with Crippen LogP contribution < -0.4 is 21.5 Å². The Bertz CT molecular complexity index is 2290. The third-order valence-corrected chi connectivity index (χ3v) is 8.65. The lowest BCUT2D eigenvalue weighted by Gasteiger charge is -2.39. The number of aryl methyl sites for hydroxylation is 1. The van der Waals surface area contributed by atoms with Crippen molar-refractivity contribution >= 4 is 46.0 Å². The average Bonchev–Trinajstić information content (AvgIpc) is 3.64. The minimum absolute atomic E-state index is 0.00353. The lowest BCUT2D eigenvalue weighted by atomic mass is 10.0. The van der Waals surface area contributed by atoms with Crippen LogP contribution in [-0.4, -0.2) is 83.4 Å². The molecule has 6 rings (SSSR count). The predicted octanol–water partition coefficient (Wildman–Crippen LogP) is 2.56. The number of piperazine rings is 1. The zero-order valence-electron chi connectivity index (χ0n) is 27.1. The van der Waals surface area contributed by atoms with E-state index in [1.54, 1.807) is 24.1 Å². The second-order valence-electron chi connectivity index (χ2n) is 12.0. The highest BCUT2D eigenvalue weighted by Gasteiger charge is 2.26. The zero-order chi connectivity index (χ0) is 35.9. The van der Waals surface area contributed by atoms with E-state index in [2.05, 4.69) is 37.1 Å². The number of fused-ring (bicyclic) bond motifs is 1. The first-order chi connectivity index (χ1) is 23.8. The Morgan fingerprint density at radius 2 is 1.94 bits per heavy atom. The largest absolute Gasteiger partial charge is 0.504 e. The summed E-state index contributed by atoms with van der Waals surface area (Å²) in [5.74, 6) is 1.30. The molecule has 1 aromatic carbocycles. The number of nitrogens with one attached hydrogen (secondary N) is 1. The molecule has 2 amide bonds. The van der Waals surface area contributed by atoms with Crippen LogP contribution in [0.3, 0.4) is 0 Å². The van der Waals surface area contributed by atoms with E-state index in [-0.39, 0.29) is 45.5 Å². The highest BCUT2D eigenvalue weighted by atomic mass is 35.5. The molecule has 5 aromatic rings. The molecule has 4 N–H and O–H groups in total. The summed E-state index contributed by atoms with van der Waals surface area (Å²) in [5.41, 5.74) is 5.07. The molecule has 1 atom stereocenters. The Morgan fingerprint density at radius 1 is 1.16 bits per heavy atom. The monoisotopic (exact) mass is 704 g/mol. The quantitative estimate of drug-likeness (QED) is 0.170. The summed E-state index contributed by atoms with van der Waals surface area (Å²) in [5, 5.41) is 16.4. The van der Waals surface area contributed by atoms with Crippen LogP contribution >= 0.6 is 11.6 Å². The number of primary amides is 1. The van der Waals surface area contributed by atoms with E-state index in [0.717, 1.165) is 25.2 Å². The van der Waals surface area contributed by atoms with E-state index in [4.69, 9.17) is 17.3 Å². The smallest absolute Gasteiger partial charge is 0.264 e. The van der Waals surface area contributed by atoms with Gasteiger partial charge in [0.15, 0.2) is 11.6 Å². The van der Waals surface area contributed by atoms with E-state index in [9.17, 15) is 28.3 Å². The van der Waals surface area contributed by atoms with Crippen molar-refractivity contribution in [3.05, 3.63) is 81.4 Å². The van der Waals surface area contributed by atoms with E-state index in [1.807, 2.05) is 18.9 Å². The Hall–Kier alpha value is -5.79. The van der Waals surface area contributed by atoms with Gasteiger partial charge in [0, 0.05) is 56.7 Å². The maximum Gasteiger partial charge on any atom is 0.264 e. The lowest BCUT2D eigenvalue weighted by Crippen LogP contribution is -2.50. The molecule has 258 valence electrons. The zero-order valence-corrected chi connectivity index (χ0v) is 27.9. The number of halogens is 3. The molecular formula is C33H31ClF2N10O4. The van der Waals surface area contributed by atoms with Gasteiger partial charge in [-0.05, 0) is 31.7 Å². The summed E-state index contributed by atoms with van der Waals surface area (Å²) in [7, 11) is 3.73. The van der Waals surface area contributed by atoms with Crippen molar-refractivity contribution in [3.8, 4) is 28.7 Å². The number of phenols is 1. The molecular weight excluding hydrogens is 674 g/mol. The van der Waals surface area contributed by atoms with Gasteiger partial charge < -0.3 is 30.5 Å². The molecule has 1 aliphatic heterocycles. The Balaban J connectivity index is 1.37. The molecule has 0 bridgehead atoms. The van der Waals surface area contributed by atoms with Crippen molar-refractivity contribution in [2.75, 3.05) is 36.9 Å². The van der Waals surface area contributed by atoms with Crippen LogP contribution in [0.2, 0.25) is 5.02 Å². The molecule has 0 unspecified atom stereocenters. The fraction of sp³-hybridized carbons (Fsp3) is 0.273. The maximum atomic E-state index is 14.9. The van der Waals surface area contributed by atoms with Crippen LogP contribution in [0.25, 0.3) is 22.2 Å². The number of carbonyl (C=O) groups is 2. The molecule has 17 heteroatoms. The van der Waals surface area contributed by atoms with Crippen LogP contribution in [0, 0.1) is 23.6 Å². The molecule has 0 radical (unpaired) electrons. The molecule has 0 spiro atoms. The van der Waals surface area contributed by atoms with Gasteiger partial charge in [-0.15, -0.1) is 0 Å². The standard InChI is InChI=1S/C33H31ClF2N10O4/c1-18-13-42(2)7-8-46(18)25-11-24(28(34)30(36)41-25)40-26(47)16-45-15-22(20-9-21(31(37)49)29(48)23(35)10-20)27-32(45)38-17-44(33(27)50)6-4-5-19-12-39-43(3)14-19/h9-12,14-15,17-18,48H,6-8,13,16H2,1-3H3,(H2,37,49)(H,40,41,47)/t18-/m0/s1. The number of nitrogens with zero attached hydrogens (tertiary/aromatic N) is 8. The highest BCUT2D eigenvalue weighted by molar-refractivity contribution is 6.33. The number of aromatic hydroxyl groups is 1. The van der Waals surface area contributed by atoms with Crippen molar-refractivity contribution in [2.45, 2.75) is 26.1 Å². The predicted molar refractivity (Wildman–Crippen MR) is 182 cm³/mol. The van der Waals surface area contributed by atoms with Crippen LogP contribution in [0.4, 0.5) is 20.3 Å². The number of anilines is 2. The maximum absolute atomic E-state index is 14.9. The number of likely N-dealkylation sites (N-methyl/N-ethyl adjacent to an activating group) is 1. The molecule has 1 saturated heterocycles. The summed E-state index contributed by atoms with van der Waals surface area (Å²) < 4.78 is 33.9. The molecule has 0 saturated carbocycles. The van der Waals surface area contributed by atoms with Gasteiger partial charge in [-0.2, -0.15) is 9.49 Å². The number of hydrogen-bond donors (Lipinski definition) is 3. The topological polar surface area (TPSA) is 169 Å². The van der Waals surface area contributed by atoms with Crippen molar-refractivity contribution in [2.24, 2.45) is 12.8 Å². The summed E-state index contributed by atoms with van der Waals surface area (Å²) >= 11 is 6.23. The number of amides is 2. The Labute approximate surface area is 288 Å². The summed E-state index contributed by atoms with van der Waals surface area (Å²) in [4.78, 5) is 51.8. The molecule has 50 heavy (non-hydrogen) atoms. The average molecular weight is 705 g/mol. The first-order valence-corrected chi connectivity index (χ1v) is 15.7. The summed E-state index contributed by atoms with van der Waals surface area (Å²) in [6.07, 6.45) is 5.91. The van der Waals surface area contributed by atoms with Gasteiger partial charge in [0.1, 0.15) is 29.4 Å². The van der Waals surface area contributed by atoms with Crippen molar-refractivity contribution < 1.29 is 23.5 Å². The van der Waals surface area contributed by atoms with Gasteiger partial charge >= 0.3 is 0 Å². The SMILES string of the molecule is C[C@H]1CN(C)CCN1c1cc(NC(=O)Cn2cc(-c3cc(F)c(O)c(C(N)=O)c3)c3c(=O)n(CC#Cc4cnn(C)c4)cnc32)c(Cl)c(F)n1. The third kappa shape index (κ3) is 6.73. The van der Waals surface area contributed by atoms with Crippen LogP contribution in [0.1, 0.15) is 22.8 Å². The normalized spacial score (nSPS) is 14.8. The third-order valence-electron chi connectivity index (χ3n) is 8.29. The minimum Gasteiger partial charge on any atom is -0.504 e. The van der Waals surface area contributed by atoms with Gasteiger partial charge in [0.25, 0.3) is 11.5 Å². The van der Waals surface area contributed by atoms with E-state index >= 15 is 0 Å². The molecule has 1 aliphatic rings. The van der Waals surface area contributed by atoms with Crippen molar-refractivity contribution in [3.63, 3.8) is 0 Å². The Morgan fingerprint density at radius 3 is 2.64 bits per heavy atom. The fourth-order valence-electron chi connectivity index (χ4n) is 5.87. The van der Waals surface area contributed by atoms with Crippen LogP contribution in [0.15, 0.2) is 47.9 Å². The molecule has 14 nitrogen and oxygen atoms in total. The first kappa shape index (κ1) is 34.1. The second-order valence-corrected chi connectivity index (χ2v) is 12.3. The van der Waals surface area contributed by atoms with Crippen LogP contribution in [0.5, 0.6) is 5.75 Å². The summed E-state index contributed by atoms with van der Waals surface area (Å²) in [6.45, 7) is 3.53. The van der Waals surface area contributed by atoms with Crippen LogP contribution in [-0.2, 0) is 24.9 Å². The molecule has 5 heterocycles. The molecule has 4 aromatic heterocycles. The first-order valence-electron chi connectivity index (χ1n) is 15.3. The van der Waals surface area contributed by atoms with Gasteiger partial charge in [0.05, 0.1) is 34.9 Å². The van der Waals surface area contributed by atoms with Crippen molar-refractivity contribution in [1.29, 1.82) is 0 Å². The molecule has 0 aliphatic carbocycles. The second kappa shape index (κ2) is 13.6. The van der Waals surface area contributed by atoms with Gasteiger partial charge in [-0.25, -0.2) is 14.4 Å². The number of pyridine rings is 1. The number of nitrogens with two attached hydrogens (primary N) is 1. The minimum atomic E-state index is -1.15. The van der Waals surface area contributed by atoms with Gasteiger partial charge in [-0.3, -0.25) is 23.6 Å². The van der Waals surface area contributed by atoms with E-state index in [1.165, 1.54) is 27.7 Å².